The summed E-state index contributed by atoms with van der Waals surface area (Å²) >= 11 is 0. The Kier molecular flexibility index (Phi) is 9.13. The van der Waals surface area contributed by atoms with E-state index in [0.29, 0.717) is 37.0 Å². The fraction of sp³-hybridized carbons (Fsp3) is 0.148. The molecule has 0 saturated heterocycles. The topological polar surface area (TPSA) is 98.7 Å². The van der Waals surface area contributed by atoms with E-state index in [-0.39, 0.29) is 5.91 Å². The number of hydrogen-bond acceptors (Lipinski definition) is 4. The van der Waals surface area contributed by atoms with Gasteiger partial charge in [0.1, 0.15) is 6.04 Å². The van der Waals surface area contributed by atoms with Gasteiger partial charge in [-0.25, -0.2) is 5.48 Å². The average Bonchev–Trinajstić information content (AvgIpc) is 2.89. The van der Waals surface area contributed by atoms with E-state index in [1.807, 2.05) is 60.7 Å². The highest BCUT2D eigenvalue weighted by Gasteiger charge is 2.27. The first-order valence-electron chi connectivity index (χ1n) is 10.9. The SMILES string of the molecule is O=CN(CCc1ccccc1)C(C(=O)NCc1ccccc1)c1cccc(C=CC(=O)NO)c1. The normalized spacial score (nSPS) is 11.6. The van der Waals surface area contributed by atoms with Crippen LogP contribution in [0, 0.1) is 0 Å². The van der Waals surface area contributed by atoms with Gasteiger partial charge in [-0.2, -0.15) is 0 Å². The number of carbonyl (C=O) groups is 3. The molecule has 3 amide bonds. The van der Waals surface area contributed by atoms with E-state index in [1.165, 1.54) is 22.5 Å². The molecular weight excluding hydrogens is 430 g/mol. The molecule has 0 aliphatic rings. The second-order valence-corrected chi connectivity index (χ2v) is 7.66. The van der Waals surface area contributed by atoms with Crippen molar-refractivity contribution in [1.29, 1.82) is 0 Å². The van der Waals surface area contributed by atoms with Crippen LogP contribution in [-0.2, 0) is 27.3 Å². The minimum absolute atomic E-state index is 0.307. The molecule has 0 aliphatic heterocycles. The number of hydroxylamine groups is 1. The van der Waals surface area contributed by atoms with Crippen LogP contribution in [0.4, 0.5) is 0 Å². The number of carbonyl (C=O) groups excluding carboxylic acids is 3. The molecule has 7 heteroatoms. The van der Waals surface area contributed by atoms with E-state index in [4.69, 9.17) is 5.21 Å². The number of nitrogens with one attached hydrogen (secondary N) is 2. The van der Waals surface area contributed by atoms with Crippen LogP contribution >= 0.6 is 0 Å². The van der Waals surface area contributed by atoms with Gasteiger partial charge in [0.05, 0.1) is 0 Å². The summed E-state index contributed by atoms with van der Waals surface area (Å²) in [6.07, 6.45) is 3.98. The predicted molar refractivity (Wildman–Crippen MR) is 129 cm³/mol. The van der Waals surface area contributed by atoms with Gasteiger partial charge in [-0.1, -0.05) is 78.9 Å². The zero-order valence-corrected chi connectivity index (χ0v) is 18.6. The molecule has 0 bridgehead atoms. The first-order valence-corrected chi connectivity index (χ1v) is 10.9. The van der Waals surface area contributed by atoms with Gasteiger partial charge in [0.2, 0.25) is 12.3 Å². The van der Waals surface area contributed by atoms with Gasteiger partial charge in [0, 0.05) is 19.2 Å². The van der Waals surface area contributed by atoms with Gasteiger partial charge < -0.3 is 10.2 Å². The molecule has 3 N–H and O–H groups in total. The average molecular weight is 458 g/mol. The summed E-state index contributed by atoms with van der Waals surface area (Å²) in [5, 5.41) is 11.6. The molecule has 0 aromatic heterocycles. The number of nitrogens with zero attached hydrogens (tertiary/aromatic N) is 1. The van der Waals surface area contributed by atoms with Crippen molar-refractivity contribution in [3.8, 4) is 0 Å². The van der Waals surface area contributed by atoms with Crippen molar-refractivity contribution in [3.05, 3.63) is 113 Å². The van der Waals surface area contributed by atoms with Crippen LogP contribution in [0.25, 0.3) is 6.08 Å². The third-order valence-corrected chi connectivity index (χ3v) is 5.29. The molecule has 0 aliphatic carbocycles. The van der Waals surface area contributed by atoms with Crippen molar-refractivity contribution in [1.82, 2.24) is 15.7 Å². The fourth-order valence-electron chi connectivity index (χ4n) is 3.56. The summed E-state index contributed by atoms with van der Waals surface area (Å²) in [6.45, 7) is 0.682. The van der Waals surface area contributed by atoms with Crippen molar-refractivity contribution in [2.24, 2.45) is 0 Å². The lowest BCUT2D eigenvalue weighted by Crippen LogP contribution is -2.40. The van der Waals surface area contributed by atoms with Crippen LogP contribution in [0.3, 0.4) is 0 Å². The van der Waals surface area contributed by atoms with Gasteiger partial charge in [0.15, 0.2) is 0 Å². The maximum absolute atomic E-state index is 13.3. The first-order chi connectivity index (χ1) is 16.6. The van der Waals surface area contributed by atoms with Crippen molar-refractivity contribution < 1.29 is 19.6 Å². The van der Waals surface area contributed by atoms with Crippen LogP contribution < -0.4 is 10.8 Å². The molecule has 0 radical (unpaired) electrons. The molecule has 1 unspecified atom stereocenters. The largest absolute Gasteiger partial charge is 0.350 e. The Labute approximate surface area is 198 Å². The lowest BCUT2D eigenvalue weighted by atomic mass is 10.0. The molecule has 34 heavy (non-hydrogen) atoms. The van der Waals surface area contributed by atoms with Crippen molar-refractivity contribution in [2.45, 2.75) is 19.0 Å². The van der Waals surface area contributed by atoms with Gasteiger partial charge in [-0.15, -0.1) is 0 Å². The Morgan fingerprint density at radius 1 is 0.912 bits per heavy atom. The van der Waals surface area contributed by atoms with E-state index in [2.05, 4.69) is 5.32 Å². The Morgan fingerprint density at radius 3 is 2.24 bits per heavy atom. The van der Waals surface area contributed by atoms with Gasteiger partial charge in [-0.3, -0.25) is 19.6 Å². The Morgan fingerprint density at radius 2 is 1.59 bits per heavy atom. The minimum Gasteiger partial charge on any atom is -0.350 e. The summed E-state index contributed by atoms with van der Waals surface area (Å²) in [5.74, 6) is -0.974. The highest BCUT2D eigenvalue weighted by molar-refractivity contribution is 5.91. The van der Waals surface area contributed by atoms with Crippen LogP contribution in [-0.4, -0.2) is 34.9 Å². The van der Waals surface area contributed by atoms with Crippen molar-refractivity contribution >= 4 is 24.3 Å². The van der Waals surface area contributed by atoms with E-state index < -0.39 is 11.9 Å². The smallest absolute Gasteiger partial charge is 0.267 e. The van der Waals surface area contributed by atoms with Gasteiger partial charge in [-0.05, 0) is 40.8 Å². The summed E-state index contributed by atoms with van der Waals surface area (Å²) in [6, 6.07) is 25.5. The zero-order valence-electron chi connectivity index (χ0n) is 18.6. The first kappa shape index (κ1) is 24.4. The lowest BCUT2D eigenvalue weighted by molar-refractivity contribution is -0.133. The molecule has 0 spiro atoms. The van der Waals surface area contributed by atoms with Crippen molar-refractivity contribution in [3.63, 3.8) is 0 Å². The van der Waals surface area contributed by atoms with E-state index in [1.54, 1.807) is 24.3 Å². The number of rotatable bonds is 11. The number of benzene rings is 3. The molecule has 0 fully saturated rings. The molecule has 3 aromatic carbocycles. The molecule has 3 aromatic rings. The minimum atomic E-state index is -0.857. The van der Waals surface area contributed by atoms with Crippen LogP contribution in [0.2, 0.25) is 0 Å². The molecule has 1 atom stereocenters. The Hall–Kier alpha value is -4.23. The number of amides is 3. The second kappa shape index (κ2) is 12.7. The van der Waals surface area contributed by atoms with Crippen LogP contribution in [0.15, 0.2) is 91.0 Å². The molecule has 7 nitrogen and oxygen atoms in total. The quantitative estimate of drug-likeness (QED) is 0.178. The second-order valence-electron chi connectivity index (χ2n) is 7.66. The summed E-state index contributed by atoms with van der Waals surface area (Å²) in [5.41, 5.74) is 4.80. The maximum atomic E-state index is 13.3. The Balaban J connectivity index is 1.85. The highest BCUT2D eigenvalue weighted by atomic mass is 16.5. The van der Waals surface area contributed by atoms with E-state index in [0.717, 1.165) is 11.1 Å². The number of hydrogen-bond donors (Lipinski definition) is 3. The van der Waals surface area contributed by atoms with Gasteiger partial charge in [0.25, 0.3) is 5.91 Å². The Bertz CT molecular complexity index is 1120. The van der Waals surface area contributed by atoms with E-state index in [9.17, 15) is 14.4 Å². The fourth-order valence-corrected chi connectivity index (χ4v) is 3.56. The summed E-state index contributed by atoms with van der Waals surface area (Å²) in [7, 11) is 0. The summed E-state index contributed by atoms with van der Waals surface area (Å²) < 4.78 is 0. The molecule has 0 saturated carbocycles. The van der Waals surface area contributed by atoms with Crippen LogP contribution in [0.5, 0.6) is 0 Å². The van der Waals surface area contributed by atoms with E-state index >= 15 is 0 Å². The van der Waals surface area contributed by atoms with Crippen LogP contribution in [0.1, 0.15) is 28.3 Å². The van der Waals surface area contributed by atoms with Gasteiger partial charge >= 0.3 is 0 Å². The zero-order chi connectivity index (χ0) is 24.2. The molecular formula is C27H27N3O4. The third-order valence-electron chi connectivity index (χ3n) is 5.29. The lowest BCUT2D eigenvalue weighted by Gasteiger charge is -2.28. The monoisotopic (exact) mass is 457 g/mol. The predicted octanol–water partition coefficient (Wildman–Crippen LogP) is 3.26. The van der Waals surface area contributed by atoms with Crippen molar-refractivity contribution in [2.75, 3.05) is 6.54 Å². The standard InChI is InChI=1S/C27H27N3O4/c31-20-30(17-16-21-8-3-1-4-9-21)26(27(33)28-19-23-10-5-2-6-11-23)24-13-7-12-22(18-24)14-15-25(32)29-34/h1-15,18,20,26,34H,16-17,19H2,(H,28,33)(H,29,32). The summed E-state index contributed by atoms with van der Waals surface area (Å²) in [4.78, 5) is 38.3. The third kappa shape index (κ3) is 7.15. The molecule has 174 valence electrons. The maximum Gasteiger partial charge on any atom is 0.267 e. The highest BCUT2D eigenvalue weighted by Crippen LogP contribution is 2.23. The molecule has 0 heterocycles. The molecule has 3 rings (SSSR count).